The number of hydrogen-bond acceptors (Lipinski definition) is 3. The summed E-state index contributed by atoms with van der Waals surface area (Å²) in [6.07, 6.45) is 0. The number of nitrogens with one attached hydrogen (secondary N) is 1. The van der Waals surface area contributed by atoms with E-state index in [1.54, 1.807) is 7.11 Å². The van der Waals surface area contributed by atoms with E-state index >= 15 is 0 Å². The molecular formula is C15H14N2O. The molecule has 0 aliphatic heterocycles. The minimum atomic E-state index is 0.704. The highest BCUT2D eigenvalue weighted by atomic mass is 16.5. The van der Waals surface area contributed by atoms with Crippen LogP contribution in [0.25, 0.3) is 0 Å². The van der Waals surface area contributed by atoms with E-state index in [-0.39, 0.29) is 0 Å². The van der Waals surface area contributed by atoms with Crippen molar-refractivity contribution >= 4 is 11.4 Å². The molecule has 0 bridgehead atoms. The molecule has 2 aromatic carbocycles. The Morgan fingerprint density at radius 2 is 1.72 bits per heavy atom. The summed E-state index contributed by atoms with van der Waals surface area (Å²) in [5.74, 6) is 0.830. The van der Waals surface area contributed by atoms with E-state index in [1.807, 2.05) is 49.4 Å². The van der Waals surface area contributed by atoms with Gasteiger partial charge in [-0.25, -0.2) is 0 Å². The first-order valence-electron chi connectivity index (χ1n) is 5.65. The first-order chi connectivity index (χ1) is 8.72. The monoisotopic (exact) mass is 238 g/mol. The average molecular weight is 238 g/mol. The van der Waals surface area contributed by atoms with Crippen LogP contribution in [-0.4, -0.2) is 7.11 Å². The van der Waals surface area contributed by atoms with Crippen molar-refractivity contribution in [1.82, 2.24) is 0 Å². The van der Waals surface area contributed by atoms with Gasteiger partial charge < -0.3 is 10.1 Å². The third-order valence-electron chi connectivity index (χ3n) is 2.73. The van der Waals surface area contributed by atoms with E-state index in [0.717, 1.165) is 22.7 Å². The summed E-state index contributed by atoms with van der Waals surface area (Å²) >= 11 is 0. The van der Waals surface area contributed by atoms with Crippen molar-refractivity contribution in [1.29, 1.82) is 5.26 Å². The molecule has 0 saturated carbocycles. The Labute approximate surface area is 107 Å². The molecule has 0 aromatic heterocycles. The fourth-order valence-corrected chi connectivity index (χ4v) is 1.71. The molecule has 3 nitrogen and oxygen atoms in total. The molecule has 0 fully saturated rings. The molecule has 0 spiro atoms. The topological polar surface area (TPSA) is 45.0 Å². The molecule has 0 aliphatic carbocycles. The summed E-state index contributed by atoms with van der Waals surface area (Å²) in [4.78, 5) is 0. The Morgan fingerprint density at radius 1 is 1.06 bits per heavy atom. The number of anilines is 2. The van der Waals surface area contributed by atoms with Gasteiger partial charge in [-0.2, -0.15) is 5.26 Å². The number of hydrogen-bond donors (Lipinski definition) is 1. The van der Waals surface area contributed by atoms with Gasteiger partial charge in [0.25, 0.3) is 0 Å². The van der Waals surface area contributed by atoms with Gasteiger partial charge in [-0.3, -0.25) is 0 Å². The van der Waals surface area contributed by atoms with Crippen molar-refractivity contribution in [2.24, 2.45) is 0 Å². The Balaban J connectivity index is 2.18. The first kappa shape index (κ1) is 12.0. The number of nitriles is 1. The summed E-state index contributed by atoms with van der Waals surface area (Å²) < 4.78 is 5.10. The zero-order chi connectivity index (χ0) is 13.0. The zero-order valence-corrected chi connectivity index (χ0v) is 10.4. The predicted octanol–water partition coefficient (Wildman–Crippen LogP) is 3.62. The number of aryl methyl sites for hydroxylation is 1. The number of rotatable bonds is 3. The number of ether oxygens (including phenoxy) is 1. The summed E-state index contributed by atoms with van der Waals surface area (Å²) in [5.41, 5.74) is 3.63. The molecule has 0 radical (unpaired) electrons. The van der Waals surface area contributed by atoms with Crippen LogP contribution < -0.4 is 10.1 Å². The Morgan fingerprint density at radius 3 is 2.28 bits per heavy atom. The van der Waals surface area contributed by atoms with Gasteiger partial charge >= 0.3 is 0 Å². The molecule has 0 amide bonds. The standard InChI is InChI=1S/C15H14N2O/c1-11-9-14(4-3-12(11)10-16)17-13-5-7-15(18-2)8-6-13/h3-9,17H,1-2H3. The highest BCUT2D eigenvalue weighted by Crippen LogP contribution is 2.21. The van der Waals surface area contributed by atoms with Crippen LogP contribution in [0.4, 0.5) is 11.4 Å². The minimum absolute atomic E-state index is 0.704. The number of nitrogens with zero attached hydrogens (tertiary/aromatic N) is 1. The van der Waals surface area contributed by atoms with Gasteiger partial charge in [-0.1, -0.05) is 0 Å². The quantitative estimate of drug-likeness (QED) is 0.888. The fourth-order valence-electron chi connectivity index (χ4n) is 1.71. The molecule has 0 aliphatic rings. The summed E-state index contributed by atoms with van der Waals surface area (Å²) in [5, 5.41) is 12.2. The SMILES string of the molecule is COc1ccc(Nc2ccc(C#N)c(C)c2)cc1. The van der Waals surface area contributed by atoms with E-state index < -0.39 is 0 Å². The van der Waals surface area contributed by atoms with Gasteiger partial charge in [0, 0.05) is 11.4 Å². The van der Waals surface area contributed by atoms with Crippen LogP contribution in [0.3, 0.4) is 0 Å². The Hall–Kier alpha value is -2.47. The van der Waals surface area contributed by atoms with Crippen molar-refractivity contribution in [3.05, 3.63) is 53.6 Å². The van der Waals surface area contributed by atoms with Gasteiger partial charge in [0.1, 0.15) is 5.75 Å². The van der Waals surface area contributed by atoms with Crippen LogP contribution in [0.5, 0.6) is 5.75 Å². The van der Waals surface area contributed by atoms with Crippen LogP contribution in [-0.2, 0) is 0 Å². The summed E-state index contributed by atoms with van der Waals surface area (Å²) in [6, 6.07) is 15.5. The van der Waals surface area contributed by atoms with Crippen LogP contribution in [0.15, 0.2) is 42.5 Å². The fraction of sp³-hybridized carbons (Fsp3) is 0.133. The number of methoxy groups -OCH3 is 1. The lowest BCUT2D eigenvalue weighted by molar-refractivity contribution is 0.415. The van der Waals surface area contributed by atoms with Gasteiger partial charge in [0.15, 0.2) is 0 Å². The van der Waals surface area contributed by atoms with E-state index in [9.17, 15) is 0 Å². The van der Waals surface area contributed by atoms with Crippen molar-refractivity contribution in [3.63, 3.8) is 0 Å². The van der Waals surface area contributed by atoms with Crippen LogP contribution >= 0.6 is 0 Å². The van der Waals surface area contributed by atoms with Crippen molar-refractivity contribution < 1.29 is 4.74 Å². The molecular weight excluding hydrogens is 224 g/mol. The van der Waals surface area contributed by atoms with E-state index in [0.29, 0.717) is 5.56 Å². The molecule has 18 heavy (non-hydrogen) atoms. The third-order valence-corrected chi connectivity index (χ3v) is 2.73. The third kappa shape index (κ3) is 2.61. The molecule has 1 N–H and O–H groups in total. The first-order valence-corrected chi connectivity index (χ1v) is 5.65. The van der Waals surface area contributed by atoms with Crippen LogP contribution in [0.2, 0.25) is 0 Å². The lowest BCUT2D eigenvalue weighted by Crippen LogP contribution is -1.92. The van der Waals surface area contributed by atoms with Crippen LogP contribution in [0, 0.1) is 18.3 Å². The maximum atomic E-state index is 8.87. The predicted molar refractivity (Wildman–Crippen MR) is 72.2 cm³/mol. The van der Waals surface area contributed by atoms with E-state index in [2.05, 4.69) is 11.4 Å². The number of benzene rings is 2. The molecule has 0 saturated heterocycles. The van der Waals surface area contributed by atoms with Gasteiger partial charge in [0.05, 0.1) is 18.7 Å². The molecule has 2 rings (SSSR count). The highest BCUT2D eigenvalue weighted by molar-refractivity contribution is 5.62. The smallest absolute Gasteiger partial charge is 0.119 e. The van der Waals surface area contributed by atoms with E-state index in [1.165, 1.54) is 0 Å². The summed E-state index contributed by atoms with van der Waals surface area (Å²) in [6.45, 7) is 1.93. The molecule has 0 heterocycles. The van der Waals surface area contributed by atoms with Gasteiger partial charge in [-0.05, 0) is 55.0 Å². The Kier molecular flexibility index (Phi) is 3.49. The molecule has 0 unspecified atom stereocenters. The molecule has 0 atom stereocenters. The van der Waals surface area contributed by atoms with E-state index in [4.69, 9.17) is 10.00 Å². The summed E-state index contributed by atoms with van der Waals surface area (Å²) in [7, 11) is 1.65. The maximum absolute atomic E-state index is 8.87. The lowest BCUT2D eigenvalue weighted by atomic mass is 10.1. The highest BCUT2D eigenvalue weighted by Gasteiger charge is 2.00. The zero-order valence-electron chi connectivity index (χ0n) is 10.4. The van der Waals surface area contributed by atoms with Gasteiger partial charge in [0.2, 0.25) is 0 Å². The van der Waals surface area contributed by atoms with Crippen LogP contribution in [0.1, 0.15) is 11.1 Å². The molecule has 2 aromatic rings. The minimum Gasteiger partial charge on any atom is -0.497 e. The van der Waals surface area contributed by atoms with Crippen molar-refractivity contribution in [2.45, 2.75) is 6.92 Å². The second kappa shape index (κ2) is 5.24. The second-order valence-electron chi connectivity index (χ2n) is 4.00. The van der Waals surface area contributed by atoms with Crippen molar-refractivity contribution in [2.75, 3.05) is 12.4 Å². The molecule has 90 valence electrons. The second-order valence-corrected chi connectivity index (χ2v) is 4.00. The normalized spacial score (nSPS) is 9.61. The Bertz CT molecular complexity index is 582. The van der Waals surface area contributed by atoms with Gasteiger partial charge in [-0.15, -0.1) is 0 Å². The largest absolute Gasteiger partial charge is 0.497 e. The van der Waals surface area contributed by atoms with Crippen molar-refractivity contribution in [3.8, 4) is 11.8 Å². The maximum Gasteiger partial charge on any atom is 0.119 e. The average Bonchev–Trinajstić information content (AvgIpc) is 2.40. The molecule has 3 heteroatoms. The lowest BCUT2D eigenvalue weighted by Gasteiger charge is -2.08.